The van der Waals surface area contributed by atoms with Crippen LogP contribution in [0.25, 0.3) is 21.3 Å². The van der Waals surface area contributed by atoms with Crippen LogP contribution in [0.4, 0.5) is 10.6 Å². The lowest BCUT2D eigenvalue weighted by Gasteiger charge is -2.00. The third kappa shape index (κ3) is 2.67. The number of aromatic amines is 1. The number of rotatable bonds is 4. The Hall–Kier alpha value is -3.13. The first-order valence-electron chi connectivity index (χ1n) is 6.57. The summed E-state index contributed by atoms with van der Waals surface area (Å²) in [5.74, 6) is -0.510. The zero-order valence-electron chi connectivity index (χ0n) is 11.8. The number of urea groups is 1. The largest absolute Gasteiger partial charge is 0.365 e. The van der Waals surface area contributed by atoms with Crippen LogP contribution in [0, 0.1) is 0 Å². The average molecular weight is 328 g/mol. The normalized spacial score (nSPS) is 10.6. The number of aromatic nitrogens is 1. The topological polar surface area (TPSA) is 131 Å². The summed E-state index contributed by atoms with van der Waals surface area (Å²) in [6.07, 6.45) is 0.793. The first-order chi connectivity index (χ1) is 11.0. The molecule has 7 nitrogen and oxygen atoms in total. The predicted molar refractivity (Wildman–Crippen MR) is 88.7 cm³/mol. The number of primary amides is 2. The second-order valence-electron chi connectivity index (χ2n) is 4.81. The van der Waals surface area contributed by atoms with Crippen LogP contribution >= 0.6 is 11.3 Å². The molecule has 116 valence electrons. The quantitative estimate of drug-likeness (QED) is 0.548. The van der Waals surface area contributed by atoms with Crippen LogP contribution in [0.3, 0.4) is 0 Å². The number of thiophene rings is 1. The highest BCUT2D eigenvalue weighted by Gasteiger charge is 2.18. The monoisotopic (exact) mass is 328 g/mol. The molecule has 3 aromatic rings. The van der Waals surface area contributed by atoms with Crippen molar-refractivity contribution in [1.29, 1.82) is 0 Å². The van der Waals surface area contributed by atoms with Crippen LogP contribution in [0.15, 0.2) is 30.3 Å². The molecule has 23 heavy (non-hydrogen) atoms. The summed E-state index contributed by atoms with van der Waals surface area (Å²) in [6.45, 7) is 0. The van der Waals surface area contributed by atoms with Crippen molar-refractivity contribution in [2.24, 2.45) is 11.5 Å². The lowest BCUT2D eigenvalue weighted by atomic mass is 10.1. The minimum absolute atomic E-state index is 0.164. The van der Waals surface area contributed by atoms with Gasteiger partial charge < -0.3 is 16.5 Å². The van der Waals surface area contributed by atoms with Gasteiger partial charge in [0.05, 0.1) is 10.4 Å². The number of amides is 3. The molecule has 0 saturated carbocycles. The number of hydrogen-bond donors (Lipinski definition) is 4. The molecule has 0 aliphatic heterocycles. The van der Waals surface area contributed by atoms with Crippen LogP contribution < -0.4 is 16.8 Å². The van der Waals surface area contributed by atoms with E-state index in [0.29, 0.717) is 15.8 Å². The summed E-state index contributed by atoms with van der Waals surface area (Å²) in [5.41, 5.74) is 12.2. The van der Waals surface area contributed by atoms with E-state index in [0.717, 1.165) is 16.7 Å². The minimum atomic E-state index is -0.798. The summed E-state index contributed by atoms with van der Waals surface area (Å²) >= 11 is 1.36. The van der Waals surface area contributed by atoms with E-state index in [4.69, 9.17) is 11.5 Å². The molecule has 0 atom stereocenters. The van der Waals surface area contributed by atoms with Crippen molar-refractivity contribution in [3.63, 3.8) is 0 Å². The number of carbonyl (C=O) groups excluding carboxylic acids is 3. The van der Waals surface area contributed by atoms with Crippen molar-refractivity contribution in [3.8, 4) is 10.4 Å². The van der Waals surface area contributed by atoms with Crippen molar-refractivity contribution in [2.45, 2.75) is 0 Å². The van der Waals surface area contributed by atoms with Gasteiger partial charge in [-0.3, -0.25) is 14.9 Å². The zero-order chi connectivity index (χ0) is 16.6. The summed E-state index contributed by atoms with van der Waals surface area (Å²) in [7, 11) is 0. The van der Waals surface area contributed by atoms with Crippen molar-refractivity contribution < 1.29 is 14.4 Å². The number of carbonyl (C=O) groups is 3. The third-order valence-corrected chi connectivity index (χ3v) is 4.38. The Bertz CT molecular complexity index is 941. The smallest absolute Gasteiger partial charge is 0.317 e. The maximum Gasteiger partial charge on any atom is 0.317 e. The van der Waals surface area contributed by atoms with E-state index >= 15 is 0 Å². The van der Waals surface area contributed by atoms with Gasteiger partial charge in [-0.15, -0.1) is 11.3 Å². The first kappa shape index (κ1) is 14.8. The molecular weight excluding hydrogens is 316 g/mol. The van der Waals surface area contributed by atoms with Crippen LogP contribution in [0.5, 0.6) is 0 Å². The van der Waals surface area contributed by atoms with Gasteiger partial charge in [0.25, 0.3) is 5.91 Å². The Morgan fingerprint density at radius 2 is 1.96 bits per heavy atom. The number of fused-ring (bicyclic) bond motifs is 1. The molecule has 3 amide bonds. The van der Waals surface area contributed by atoms with Gasteiger partial charge in [0, 0.05) is 15.8 Å². The number of nitrogens with two attached hydrogens (primary N) is 2. The molecule has 2 heterocycles. The molecule has 0 spiro atoms. The zero-order valence-corrected chi connectivity index (χ0v) is 12.6. The minimum Gasteiger partial charge on any atom is -0.365 e. The van der Waals surface area contributed by atoms with Gasteiger partial charge in [0.2, 0.25) is 0 Å². The Labute approximate surface area is 134 Å². The SMILES string of the molecule is NC(=O)Nc1[nH]c2cc(-c3ccc(C=O)s3)ccc2c1C(N)=O. The van der Waals surface area contributed by atoms with Gasteiger partial charge in [0.1, 0.15) is 5.82 Å². The van der Waals surface area contributed by atoms with Crippen molar-refractivity contribution in [3.05, 3.63) is 40.8 Å². The molecule has 0 radical (unpaired) electrons. The van der Waals surface area contributed by atoms with Crippen LogP contribution in [-0.2, 0) is 0 Å². The molecule has 3 rings (SSSR count). The Morgan fingerprint density at radius 1 is 1.17 bits per heavy atom. The van der Waals surface area contributed by atoms with Gasteiger partial charge >= 0.3 is 6.03 Å². The molecule has 0 aliphatic rings. The first-order valence-corrected chi connectivity index (χ1v) is 7.38. The number of aldehydes is 1. The molecular formula is C15H12N4O3S. The van der Waals surface area contributed by atoms with Crippen LogP contribution in [-0.4, -0.2) is 23.2 Å². The fraction of sp³-hybridized carbons (Fsp3) is 0. The fourth-order valence-electron chi connectivity index (χ4n) is 2.39. The van der Waals surface area contributed by atoms with Gasteiger partial charge in [-0.2, -0.15) is 0 Å². The highest BCUT2D eigenvalue weighted by atomic mass is 32.1. The molecule has 0 unspecified atom stereocenters. The standard InChI is InChI=1S/C15H12N4O3S/c16-13(21)12-9-3-1-7(11-4-2-8(6-20)23-11)5-10(9)18-14(12)19-15(17)22/h1-6,18H,(H2,16,21)(H3,17,19,22). The number of benzene rings is 1. The summed E-state index contributed by atoms with van der Waals surface area (Å²) in [6, 6.07) is 8.14. The lowest BCUT2D eigenvalue weighted by molar-refractivity contribution is 0.100. The van der Waals surface area contributed by atoms with Gasteiger partial charge in [-0.1, -0.05) is 12.1 Å². The Balaban J connectivity index is 2.14. The van der Waals surface area contributed by atoms with Crippen LogP contribution in [0.2, 0.25) is 0 Å². The predicted octanol–water partition coefficient (Wildman–Crippen LogP) is 2.30. The lowest BCUT2D eigenvalue weighted by Crippen LogP contribution is -2.22. The molecule has 8 heteroatoms. The second-order valence-corrected chi connectivity index (χ2v) is 5.92. The molecule has 2 aromatic heterocycles. The maximum absolute atomic E-state index is 11.6. The number of anilines is 1. The molecule has 0 fully saturated rings. The van der Waals surface area contributed by atoms with Gasteiger partial charge in [-0.25, -0.2) is 4.79 Å². The van der Waals surface area contributed by atoms with Gasteiger partial charge in [0.15, 0.2) is 6.29 Å². The maximum atomic E-state index is 11.6. The van der Waals surface area contributed by atoms with Crippen molar-refractivity contribution >= 4 is 46.3 Å². The highest BCUT2D eigenvalue weighted by molar-refractivity contribution is 7.17. The van der Waals surface area contributed by atoms with E-state index < -0.39 is 11.9 Å². The van der Waals surface area contributed by atoms with E-state index in [1.807, 2.05) is 18.2 Å². The number of nitrogens with one attached hydrogen (secondary N) is 2. The number of H-pyrrole nitrogens is 1. The molecule has 0 bridgehead atoms. The molecule has 0 saturated heterocycles. The number of hydrogen-bond acceptors (Lipinski definition) is 4. The van der Waals surface area contributed by atoms with Crippen molar-refractivity contribution in [1.82, 2.24) is 4.98 Å². The summed E-state index contributed by atoms with van der Waals surface area (Å²) in [4.78, 5) is 38.0. The van der Waals surface area contributed by atoms with E-state index in [2.05, 4.69) is 10.3 Å². The molecule has 6 N–H and O–H groups in total. The van der Waals surface area contributed by atoms with E-state index in [1.54, 1.807) is 12.1 Å². The van der Waals surface area contributed by atoms with Gasteiger partial charge in [-0.05, 0) is 23.8 Å². The van der Waals surface area contributed by atoms with E-state index in [-0.39, 0.29) is 11.4 Å². The summed E-state index contributed by atoms with van der Waals surface area (Å²) in [5, 5.41) is 2.94. The van der Waals surface area contributed by atoms with E-state index in [9.17, 15) is 14.4 Å². The Morgan fingerprint density at radius 3 is 2.57 bits per heavy atom. The van der Waals surface area contributed by atoms with Crippen LogP contribution in [0.1, 0.15) is 20.0 Å². The highest BCUT2D eigenvalue weighted by Crippen LogP contribution is 2.33. The third-order valence-electron chi connectivity index (χ3n) is 3.32. The fourth-order valence-corrected chi connectivity index (χ4v) is 3.21. The van der Waals surface area contributed by atoms with E-state index in [1.165, 1.54) is 11.3 Å². The average Bonchev–Trinajstić information content (AvgIpc) is 3.09. The second kappa shape index (κ2) is 5.58. The Kier molecular flexibility index (Phi) is 3.59. The van der Waals surface area contributed by atoms with Crippen molar-refractivity contribution in [2.75, 3.05) is 5.32 Å². The molecule has 1 aromatic carbocycles. The molecule has 0 aliphatic carbocycles. The summed E-state index contributed by atoms with van der Waals surface area (Å²) < 4.78 is 0.